The molecule has 0 aromatic carbocycles. The van der Waals surface area contributed by atoms with Gasteiger partial charge in [-0.15, -0.1) is 0 Å². The van der Waals surface area contributed by atoms with Crippen LogP contribution in [0.1, 0.15) is 6.92 Å². The second-order valence-electron chi connectivity index (χ2n) is 3.90. The highest BCUT2D eigenvalue weighted by Gasteiger charge is 2.26. The summed E-state index contributed by atoms with van der Waals surface area (Å²) in [5.41, 5.74) is 0.423. The molecule has 6 heteroatoms. The topological polar surface area (TPSA) is 66.9 Å². The minimum absolute atomic E-state index is 0.0558. The fraction of sp³-hybridized carbons (Fsp3) is 0.545. The maximum absolute atomic E-state index is 11.6. The molecule has 0 bridgehead atoms. The lowest BCUT2D eigenvalue weighted by molar-refractivity contribution is -0.148. The highest BCUT2D eigenvalue weighted by atomic mass is 16.5. The summed E-state index contributed by atoms with van der Waals surface area (Å²) in [6.45, 7) is 2.00. The van der Waals surface area contributed by atoms with Gasteiger partial charge in [-0.3, -0.25) is 9.59 Å². The van der Waals surface area contributed by atoms with Gasteiger partial charge in [0.15, 0.2) is 0 Å². The Morgan fingerprint density at radius 2 is 2.00 bits per heavy atom. The maximum atomic E-state index is 11.6. The smallest absolute Gasteiger partial charge is 0.333 e. The van der Waals surface area contributed by atoms with E-state index in [1.165, 1.54) is 16.9 Å². The van der Waals surface area contributed by atoms with Crippen LogP contribution in [0.3, 0.4) is 0 Å². The molecule has 0 N–H and O–H groups in total. The van der Waals surface area contributed by atoms with E-state index in [9.17, 15) is 14.4 Å². The number of ether oxygens (including phenoxy) is 1. The molecule has 1 saturated heterocycles. The molecule has 0 aliphatic carbocycles. The first-order valence-corrected chi connectivity index (χ1v) is 5.22. The molecule has 1 aliphatic heterocycles. The van der Waals surface area contributed by atoms with Crippen LogP contribution in [0.25, 0.3) is 0 Å². The van der Waals surface area contributed by atoms with Gasteiger partial charge in [-0.1, -0.05) is 6.08 Å². The van der Waals surface area contributed by atoms with E-state index in [4.69, 9.17) is 0 Å². The van der Waals surface area contributed by atoms with Crippen molar-refractivity contribution in [3.63, 3.8) is 0 Å². The molecule has 6 nitrogen and oxygen atoms in total. The summed E-state index contributed by atoms with van der Waals surface area (Å²) in [5, 5.41) is 0. The van der Waals surface area contributed by atoms with E-state index >= 15 is 0 Å². The second kappa shape index (κ2) is 5.47. The lowest BCUT2D eigenvalue weighted by Gasteiger charge is -2.30. The molecule has 0 spiro atoms. The fourth-order valence-corrected chi connectivity index (χ4v) is 1.42. The molecule has 1 heterocycles. The Morgan fingerprint density at radius 3 is 2.59 bits per heavy atom. The minimum Gasteiger partial charge on any atom is -0.466 e. The molecule has 1 aliphatic rings. The zero-order valence-corrected chi connectivity index (χ0v) is 10.2. The number of methoxy groups -OCH3 is 1. The van der Waals surface area contributed by atoms with Gasteiger partial charge in [0.2, 0.25) is 11.8 Å². The van der Waals surface area contributed by atoms with Crippen molar-refractivity contribution in [1.29, 1.82) is 0 Å². The summed E-state index contributed by atoms with van der Waals surface area (Å²) < 4.78 is 4.53. The number of carbonyl (C=O) groups is 3. The van der Waals surface area contributed by atoms with Gasteiger partial charge in [0.1, 0.15) is 6.54 Å². The number of carbonyl (C=O) groups excluding carboxylic acids is 3. The van der Waals surface area contributed by atoms with Crippen molar-refractivity contribution in [3.8, 4) is 0 Å². The van der Waals surface area contributed by atoms with Crippen molar-refractivity contribution in [2.24, 2.45) is 0 Å². The number of esters is 1. The van der Waals surface area contributed by atoms with Gasteiger partial charge in [-0.25, -0.2) is 4.79 Å². The second-order valence-corrected chi connectivity index (χ2v) is 3.90. The average Bonchev–Trinajstić information content (AvgIpc) is 2.30. The molecule has 94 valence electrons. The van der Waals surface area contributed by atoms with Crippen LogP contribution in [0.15, 0.2) is 11.6 Å². The first-order valence-electron chi connectivity index (χ1n) is 5.22. The quantitative estimate of drug-likeness (QED) is 0.488. The molecule has 17 heavy (non-hydrogen) atoms. The Kier molecular flexibility index (Phi) is 4.25. The molecule has 1 rings (SSSR count). The van der Waals surface area contributed by atoms with Crippen molar-refractivity contribution in [1.82, 2.24) is 9.80 Å². The van der Waals surface area contributed by atoms with Gasteiger partial charge in [-0.05, 0) is 6.92 Å². The third kappa shape index (κ3) is 3.30. The van der Waals surface area contributed by atoms with E-state index in [0.29, 0.717) is 5.57 Å². The minimum atomic E-state index is -0.432. The number of likely N-dealkylation sites (N-methyl/N-ethyl adjacent to an activating group) is 1. The molecule has 2 amide bonds. The molecule has 0 atom stereocenters. The van der Waals surface area contributed by atoms with Crippen LogP contribution in [0.4, 0.5) is 0 Å². The van der Waals surface area contributed by atoms with Gasteiger partial charge >= 0.3 is 5.97 Å². The number of nitrogens with zero attached hydrogens (tertiary/aromatic N) is 2. The standard InChI is InChI=1S/C11H16N2O4/c1-8(11(16)17-3)4-5-13-7-9(14)12(2)6-10(13)15/h4H,5-7H2,1-3H3. The third-order valence-corrected chi connectivity index (χ3v) is 2.60. The van der Waals surface area contributed by atoms with E-state index in [0.717, 1.165) is 0 Å². The Bertz CT molecular complexity index is 376. The van der Waals surface area contributed by atoms with Gasteiger partial charge in [-0.2, -0.15) is 0 Å². The van der Waals surface area contributed by atoms with E-state index in [-0.39, 0.29) is 31.4 Å². The van der Waals surface area contributed by atoms with Crippen LogP contribution in [0, 0.1) is 0 Å². The maximum Gasteiger partial charge on any atom is 0.333 e. The summed E-state index contributed by atoms with van der Waals surface area (Å²) in [6, 6.07) is 0. The van der Waals surface area contributed by atoms with Gasteiger partial charge in [0.05, 0.1) is 13.7 Å². The lowest BCUT2D eigenvalue weighted by Crippen LogP contribution is -2.52. The molecular formula is C11H16N2O4. The molecule has 1 fully saturated rings. The SMILES string of the molecule is COC(=O)C(C)=CCN1CC(=O)N(C)CC1=O. The molecule has 0 unspecified atom stereocenters. The first-order chi connectivity index (χ1) is 7.95. The summed E-state index contributed by atoms with van der Waals surface area (Å²) in [4.78, 5) is 36.9. The van der Waals surface area contributed by atoms with Crippen molar-refractivity contribution < 1.29 is 19.1 Å². The Hall–Kier alpha value is -1.85. The fourth-order valence-electron chi connectivity index (χ4n) is 1.42. The van der Waals surface area contributed by atoms with E-state index in [1.807, 2.05) is 0 Å². The largest absolute Gasteiger partial charge is 0.466 e. The Labute approximate surface area is 99.8 Å². The molecule has 0 saturated carbocycles. The first kappa shape index (κ1) is 13.2. The van der Waals surface area contributed by atoms with Gasteiger partial charge in [0, 0.05) is 19.2 Å². The Morgan fingerprint density at radius 1 is 1.35 bits per heavy atom. The normalized spacial score (nSPS) is 17.5. The molecular weight excluding hydrogens is 224 g/mol. The van der Waals surface area contributed by atoms with Crippen molar-refractivity contribution in [3.05, 3.63) is 11.6 Å². The monoisotopic (exact) mass is 240 g/mol. The van der Waals surface area contributed by atoms with Crippen LogP contribution < -0.4 is 0 Å². The highest BCUT2D eigenvalue weighted by Crippen LogP contribution is 2.04. The lowest BCUT2D eigenvalue weighted by atomic mass is 10.2. The van der Waals surface area contributed by atoms with E-state index < -0.39 is 5.97 Å². The predicted octanol–water partition coefficient (Wildman–Crippen LogP) is -0.594. The third-order valence-electron chi connectivity index (χ3n) is 2.60. The van der Waals surface area contributed by atoms with Crippen molar-refractivity contribution in [2.75, 3.05) is 33.8 Å². The molecule has 0 radical (unpaired) electrons. The van der Waals surface area contributed by atoms with E-state index in [1.54, 1.807) is 20.0 Å². The summed E-state index contributed by atoms with van der Waals surface area (Å²) in [7, 11) is 2.89. The highest BCUT2D eigenvalue weighted by molar-refractivity contribution is 5.92. The van der Waals surface area contributed by atoms with Gasteiger partial charge in [0.25, 0.3) is 0 Å². The predicted molar refractivity (Wildman–Crippen MR) is 60.0 cm³/mol. The van der Waals surface area contributed by atoms with Crippen LogP contribution in [-0.4, -0.2) is 61.4 Å². The van der Waals surface area contributed by atoms with Crippen LogP contribution in [0.2, 0.25) is 0 Å². The summed E-state index contributed by atoms with van der Waals surface area (Å²) in [6.07, 6.45) is 1.59. The number of piperazine rings is 1. The Balaban J connectivity index is 2.60. The number of hydrogen-bond donors (Lipinski definition) is 0. The van der Waals surface area contributed by atoms with Gasteiger partial charge < -0.3 is 14.5 Å². The van der Waals surface area contributed by atoms with Crippen LogP contribution in [-0.2, 0) is 19.1 Å². The van der Waals surface area contributed by atoms with Crippen LogP contribution >= 0.6 is 0 Å². The van der Waals surface area contributed by atoms with Crippen LogP contribution in [0.5, 0.6) is 0 Å². The zero-order valence-electron chi connectivity index (χ0n) is 10.2. The number of rotatable bonds is 3. The molecule has 0 aromatic heterocycles. The average molecular weight is 240 g/mol. The zero-order chi connectivity index (χ0) is 13.0. The number of amides is 2. The molecule has 0 aromatic rings. The summed E-state index contributed by atoms with van der Waals surface area (Å²) in [5.74, 6) is -0.660. The number of hydrogen-bond acceptors (Lipinski definition) is 4. The van der Waals surface area contributed by atoms with E-state index in [2.05, 4.69) is 4.74 Å². The van der Waals surface area contributed by atoms with Crippen molar-refractivity contribution >= 4 is 17.8 Å². The summed E-state index contributed by atoms with van der Waals surface area (Å²) >= 11 is 0. The van der Waals surface area contributed by atoms with Crippen molar-refractivity contribution in [2.45, 2.75) is 6.92 Å².